The number of halogens is 2. The summed E-state index contributed by atoms with van der Waals surface area (Å²) >= 11 is 0. The molecule has 0 aliphatic rings. The summed E-state index contributed by atoms with van der Waals surface area (Å²) in [6, 6.07) is 14.8. The second-order valence-electron chi connectivity index (χ2n) is 5.73. The summed E-state index contributed by atoms with van der Waals surface area (Å²) in [5.41, 5.74) is 0.418. The van der Waals surface area contributed by atoms with Crippen LogP contribution in [0.15, 0.2) is 66.9 Å². The molecule has 0 aliphatic heterocycles. The fraction of sp³-hybridized carbons (Fsp3) is 0.105. The van der Waals surface area contributed by atoms with E-state index in [0.29, 0.717) is 17.2 Å². The van der Waals surface area contributed by atoms with E-state index in [9.17, 15) is 17.2 Å². The Labute approximate surface area is 155 Å². The Morgan fingerprint density at radius 3 is 2.63 bits per heavy atom. The predicted molar refractivity (Wildman–Crippen MR) is 96.6 cm³/mol. The number of sulfonamides is 1. The van der Waals surface area contributed by atoms with Crippen LogP contribution in [0, 0.1) is 11.6 Å². The molecule has 2 aromatic carbocycles. The molecule has 0 radical (unpaired) electrons. The lowest BCUT2D eigenvalue weighted by atomic mass is 10.2. The van der Waals surface area contributed by atoms with Crippen molar-refractivity contribution in [1.82, 2.24) is 9.71 Å². The highest BCUT2D eigenvalue weighted by atomic mass is 32.2. The molecule has 0 saturated heterocycles. The van der Waals surface area contributed by atoms with Crippen LogP contribution < -0.4 is 9.46 Å². The van der Waals surface area contributed by atoms with Gasteiger partial charge in [-0.05, 0) is 42.0 Å². The van der Waals surface area contributed by atoms with E-state index in [2.05, 4.69) is 9.71 Å². The minimum Gasteiger partial charge on any atom is -0.439 e. The standard InChI is InChI=1S/C19H16F2N2O3S/c20-16-7-8-18(21)15(11-16)13-27(24,25)23-12-14-4-3-5-17(10-14)26-19-6-1-2-9-22-19/h1-11,23H,12-13H2. The van der Waals surface area contributed by atoms with Gasteiger partial charge in [0.05, 0.1) is 5.75 Å². The van der Waals surface area contributed by atoms with E-state index < -0.39 is 27.4 Å². The number of ether oxygens (including phenoxy) is 1. The molecule has 0 saturated carbocycles. The molecule has 0 spiro atoms. The van der Waals surface area contributed by atoms with Crippen molar-refractivity contribution in [2.75, 3.05) is 0 Å². The molecule has 0 amide bonds. The van der Waals surface area contributed by atoms with Crippen molar-refractivity contribution in [2.45, 2.75) is 12.3 Å². The number of nitrogens with zero attached hydrogens (tertiary/aromatic N) is 1. The first-order chi connectivity index (χ1) is 12.9. The Bertz CT molecular complexity index is 1030. The Hall–Kier alpha value is -2.84. The van der Waals surface area contributed by atoms with Gasteiger partial charge in [-0.25, -0.2) is 26.9 Å². The predicted octanol–water partition coefficient (Wildman–Crippen LogP) is 3.77. The maximum Gasteiger partial charge on any atom is 0.219 e. The highest BCUT2D eigenvalue weighted by Crippen LogP contribution is 2.20. The molecule has 0 unspecified atom stereocenters. The molecule has 1 aromatic heterocycles. The largest absolute Gasteiger partial charge is 0.439 e. The van der Waals surface area contributed by atoms with E-state index >= 15 is 0 Å². The third-order valence-electron chi connectivity index (χ3n) is 3.61. The molecule has 0 aliphatic carbocycles. The molecule has 0 fully saturated rings. The number of aromatic nitrogens is 1. The average Bonchev–Trinajstić information content (AvgIpc) is 2.64. The number of nitrogens with one attached hydrogen (secondary N) is 1. The minimum absolute atomic E-state index is 0.0152. The van der Waals surface area contributed by atoms with E-state index in [-0.39, 0.29) is 12.1 Å². The van der Waals surface area contributed by atoms with Crippen LogP contribution in [0.3, 0.4) is 0 Å². The van der Waals surface area contributed by atoms with E-state index in [1.165, 1.54) is 0 Å². The summed E-state index contributed by atoms with van der Waals surface area (Å²) in [5, 5.41) is 0. The zero-order valence-corrected chi connectivity index (χ0v) is 14.9. The molecule has 0 bridgehead atoms. The molecule has 3 aromatic rings. The lowest BCUT2D eigenvalue weighted by molar-refractivity contribution is 0.462. The first-order valence-corrected chi connectivity index (χ1v) is 9.66. The topological polar surface area (TPSA) is 68.3 Å². The average molecular weight is 390 g/mol. The quantitative estimate of drug-likeness (QED) is 0.667. The zero-order chi connectivity index (χ0) is 19.3. The second-order valence-corrected chi connectivity index (χ2v) is 7.54. The summed E-state index contributed by atoms with van der Waals surface area (Å²) in [6.07, 6.45) is 1.60. The SMILES string of the molecule is O=S(=O)(Cc1cc(F)ccc1F)NCc1cccc(Oc2ccccn2)c1. The van der Waals surface area contributed by atoms with Crippen molar-refractivity contribution in [3.63, 3.8) is 0 Å². The zero-order valence-electron chi connectivity index (χ0n) is 14.1. The van der Waals surface area contributed by atoms with Gasteiger partial charge in [0.15, 0.2) is 0 Å². The Kier molecular flexibility index (Phi) is 5.78. The number of pyridine rings is 1. The van der Waals surface area contributed by atoms with Crippen molar-refractivity contribution >= 4 is 10.0 Å². The molecular formula is C19H16F2N2O3S. The third-order valence-corrected chi connectivity index (χ3v) is 4.88. The molecule has 5 nitrogen and oxygen atoms in total. The fourth-order valence-corrected chi connectivity index (χ4v) is 3.47. The fourth-order valence-electron chi connectivity index (χ4n) is 2.35. The molecule has 8 heteroatoms. The van der Waals surface area contributed by atoms with E-state index in [1.54, 1.807) is 48.7 Å². The molecule has 1 heterocycles. The van der Waals surface area contributed by atoms with Gasteiger partial charge in [-0.3, -0.25) is 0 Å². The van der Waals surface area contributed by atoms with Gasteiger partial charge in [-0.1, -0.05) is 18.2 Å². The van der Waals surface area contributed by atoms with Gasteiger partial charge in [0.25, 0.3) is 0 Å². The van der Waals surface area contributed by atoms with E-state index in [1.807, 2.05) is 0 Å². The number of hydrogen-bond acceptors (Lipinski definition) is 4. The van der Waals surface area contributed by atoms with Gasteiger partial charge >= 0.3 is 0 Å². The first-order valence-electron chi connectivity index (χ1n) is 8.00. The number of hydrogen-bond donors (Lipinski definition) is 1. The second kappa shape index (κ2) is 8.24. The van der Waals surface area contributed by atoms with Crippen molar-refractivity contribution < 1.29 is 21.9 Å². The summed E-state index contributed by atoms with van der Waals surface area (Å²) in [7, 11) is -3.85. The summed E-state index contributed by atoms with van der Waals surface area (Å²) in [6.45, 7) is -0.0152. The summed E-state index contributed by atoms with van der Waals surface area (Å²) in [4.78, 5) is 4.05. The van der Waals surface area contributed by atoms with Crippen molar-refractivity contribution in [2.24, 2.45) is 0 Å². The van der Waals surface area contributed by atoms with Crippen LogP contribution in [0.25, 0.3) is 0 Å². The maximum atomic E-state index is 13.6. The molecule has 27 heavy (non-hydrogen) atoms. The van der Waals surface area contributed by atoms with Crippen molar-refractivity contribution in [3.05, 3.63) is 89.6 Å². The summed E-state index contributed by atoms with van der Waals surface area (Å²) < 4.78 is 59.1. The van der Waals surface area contributed by atoms with Crippen LogP contribution in [0.1, 0.15) is 11.1 Å². The minimum atomic E-state index is -3.85. The van der Waals surface area contributed by atoms with E-state index in [4.69, 9.17) is 4.74 Å². The van der Waals surface area contributed by atoms with Crippen molar-refractivity contribution in [1.29, 1.82) is 0 Å². The van der Waals surface area contributed by atoms with Crippen LogP contribution in [0.5, 0.6) is 11.6 Å². The number of benzene rings is 2. The summed E-state index contributed by atoms with van der Waals surface area (Å²) in [5.74, 6) is -1.20. The van der Waals surface area contributed by atoms with Gasteiger partial charge in [0.1, 0.15) is 17.4 Å². The highest BCUT2D eigenvalue weighted by molar-refractivity contribution is 7.88. The van der Waals surface area contributed by atoms with Crippen LogP contribution in [-0.2, 0) is 22.3 Å². The van der Waals surface area contributed by atoms with Gasteiger partial charge < -0.3 is 4.74 Å². The van der Waals surface area contributed by atoms with Gasteiger partial charge in [-0.15, -0.1) is 0 Å². The van der Waals surface area contributed by atoms with Gasteiger partial charge in [0, 0.05) is 24.4 Å². The van der Waals surface area contributed by atoms with Crippen LogP contribution in [-0.4, -0.2) is 13.4 Å². The molecule has 0 atom stereocenters. The van der Waals surface area contributed by atoms with Crippen molar-refractivity contribution in [3.8, 4) is 11.6 Å². The Morgan fingerprint density at radius 2 is 1.85 bits per heavy atom. The van der Waals surface area contributed by atoms with Crippen LogP contribution in [0.2, 0.25) is 0 Å². The van der Waals surface area contributed by atoms with Crippen LogP contribution >= 0.6 is 0 Å². The first kappa shape index (κ1) is 18.9. The van der Waals surface area contributed by atoms with Crippen LogP contribution in [0.4, 0.5) is 8.78 Å². The highest BCUT2D eigenvalue weighted by Gasteiger charge is 2.15. The monoisotopic (exact) mass is 390 g/mol. The van der Waals surface area contributed by atoms with Gasteiger partial charge in [-0.2, -0.15) is 0 Å². The van der Waals surface area contributed by atoms with Gasteiger partial charge in [0.2, 0.25) is 15.9 Å². The maximum absolute atomic E-state index is 13.6. The Balaban J connectivity index is 1.65. The normalized spacial score (nSPS) is 11.3. The Morgan fingerprint density at radius 1 is 1.00 bits per heavy atom. The molecular weight excluding hydrogens is 374 g/mol. The van der Waals surface area contributed by atoms with E-state index in [0.717, 1.165) is 18.2 Å². The molecule has 1 N–H and O–H groups in total. The molecule has 3 rings (SSSR count). The number of rotatable bonds is 7. The lowest BCUT2D eigenvalue weighted by Crippen LogP contribution is -2.25. The molecule has 140 valence electrons. The third kappa shape index (κ3) is 5.57. The smallest absolute Gasteiger partial charge is 0.219 e. The lowest BCUT2D eigenvalue weighted by Gasteiger charge is -2.09.